The Hall–Kier alpha value is -2.30. The van der Waals surface area contributed by atoms with Crippen LogP contribution in [0.25, 0.3) is 22.7 Å². The number of fused-ring (bicyclic) bond motifs is 3. The van der Waals surface area contributed by atoms with Crippen LogP contribution >= 0.6 is 0 Å². The van der Waals surface area contributed by atoms with Crippen LogP contribution in [0, 0.1) is 0 Å². The molecule has 0 unspecified atom stereocenters. The smallest absolute Gasteiger partial charge is 0.399 e. The molecule has 3 aromatic rings. The molecule has 2 aliphatic rings. The van der Waals surface area contributed by atoms with Crippen LogP contribution in [0.5, 0.6) is 0 Å². The van der Waals surface area contributed by atoms with Crippen molar-refractivity contribution in [3.05, 3.63) is 65.9 Å². The van der Waals surface area contributed by atoms with Crippen LogP contribution in [0.15, 0.2) is 54.6 Å². The summed E-state index contributed by atoms with van der Waals surface area (Å²) in [5.74, 6) is 0. The van der Waals surface area contributed by atoms with Crippen molar-refractivity contribution in [2.24, 2.45) is 0 Å². The molecule has 2 aromatic carbocycles. The number of allylic oxidation sites excluding steroid dienone is 1. The third-order valence-corrected chi connectivity index (χ3v) is 6.52. The van der Waals surface area contributed by atoms with Crippen LogP contribution in [-0.4, -0.2) is 22.9 Å². The van der Waals surface area contributed by atoms with Crippen LogP contribution in [0.4, 0.5) is 0 Å². The van der Waals surface area contributed by atoms with Gasteiger partial charge in [0.2, 0.25) is 0 Å². The molecule has 0 saturated carbocycles. The van der Waals surface area contributed by atoms with Gasteiger partial charge in [-0.3, -0.25) is 0 Å². The first-order chi connectivity index (χ1) is 13.4. The summed E-state index contributed by atoms with van der Waals surface area (Å²) >= 11 is 0. The Bertz CT molecular complexity index is 1060. The van der Waals surface area contributed by atoms with Gasteiger partial charge >= 0.3 is 7.12 Å². The normalized spacial score (nSPS) is 19.9. The Morgan fingerprint density at radius 2 is 1.57 bits per heavy atom. The Kier molecular flexibility index (Phi) is 3.87. The zero-order valence-corrected chi connectivity index (χ0v) is 17.0. The second kappa shape index (κ2) is 6.10. The number of hydrogen-bond donors (Lipinski definition) is 0. The number of nitrogens with zero attached hydrogens (tertiary/aromatic N) is 1. The maximum atomic E-state index is 6.20. The van der Waals surface area contributed by atoms with Gasteiger partial charge in [-0.15, -0.1) is 0 Å². The van der Waals surface area contributed by atoms with E-state index in [2.05, 4.69) is 92.9 Å². The van der Waals surface area contributed by atoms with E-state index in [9.17, 15) is 0 Å². The monoisotopic (exact) mass is 371 g/mol. The quantitative estimate of drug-likeness (QED) is 0.599. The molecule has 0 radical (unpaired) electrons. The van der Waals surface area contributed by atoms with Gasteiger partial charge in [-0.2, -0.15) is 0 Å². The summed E-state index contributed by atoms with van der Waals surface area (Å²) in [6.45, 7) is 8.36. The fourth-order valence-electron chi connectivity index (χ4n) is 4.23. The Morgan fingerprint density at radius 3 is 2.29 bits per heavy atom. The summed E-state index contributed by atoms with van der Waals surface area (Å²) in [7, 11) is -0.322. The zero-order valence-electron chi connectivity index (χ0n) is 17.0. The second-order valence-corrected chi connectivity index (χ2v) is 8.83. The maximum absolute atomic E-state index is 6.20. The first-order valence-corrected chi connectivity index (χ1v) is 10.1. The maximum Gasteiger partial charge on any atom is 0.494 e. The minimum Gasteiger partial charge on any atom is -0.399 e. The molecule has 0 spiro atoms. The van der Waals surface area contributed by atoms with Crippen LogP contribution in [0.1, 0.15) is 45.4 Å². The van der Waals surface area contributed by atoms with Gasteiger partial charge in [-0.25, -0.2) is 0 Å². The molecular weight excluding hydrogens is 345 g/mol. The van der Waals surface area contributed by atoms with Crippen LogP contribution in [0.2, 0.25) is 0 Å². The predicted molar refractivity (Wildman–Crippen MR) is 116 cm³/mol. The van der Waals surface area contributed by atoms with Crippen molar-refractivity contribution < 1.29 is 9.31 Å². The summed E-state index contributed by atoms with van der Waals surface area (Å²) in [4.78, 5) is 0. The van der Waals surface area contributed by atoms with E-state index in [0.717, 1.165) is 18.3 Å². The summed E-state index contributed by atoms with van der Waals surface area (Å²) < 4.78 is 14.8. The summed E-state index contributed by atoms with van der Waals surface area (Å²) in [5.41, 5.74) is 5.63. The molecule has 1 aliphatic carbocycles. The van der Waals surface area contributed by atoms with Gasteiger partial charge in [0.25, 0.3) is 0 Å². The van der Waals surface area contributed by atoms with Gasteiger partial charge < -0.3 is 13.9 Å². The largest absolute Gasteiger partial charge is 0.494 e. The molecule has 1 aliphatic heterocycles. The van der Waals surface area contributed by atoms with E-state index in [1.54, 1.807) is 0 Å². The van der Waals surface area contributed by atoms with Gasteiger partial charge in [-0.05, 0) is 64.2 Å². The van der Waals surface area contributed by atoms with Crippen molar-refractivity contribution in [3.63, 3.8) is 0 Å². The van der Waals surface area contributed by atoms with Crippen LogP contribution in [0.3, 0.4) is 0 Å². The van der Waals surface area contributed by atoms with Gasteiger partial charge in [0.15, 0.2) is 0 Å². The molecule has 5 rings (SSSR count). The predicted octanol–water partition coefficient (Wildman–Crippen LogP) is 4.89. The minimum absolute atomic E-state index is 0.321. The van der Waals surface area contributed by atoms with E-state index in [1.807, 2.05) is 0 Å². The van der Waals surface area contributed by atoms with Gasteiger partial charge in [0.05, 0.1) is 16.7 Å². The Morgan fingerprint density at radius 1 is 0.893 bits per heavy atom. The third-order valence-electron chi connectivity index (χ3n) is 6.52. The van der Waals surface area contributed by atoms with Crippen molar-refractivity contribution in [1.29, 1.82) is 0 Å². The molecule has 0 bridgehead atoms. The molecule has 0 N–H and O–H groups in total. The lowest BCUT2D eigenvalue weighted by Crippen LogP contribution is -2.41. The number of hydrogen-bond acceptors (Lipinski definition) is 2. The molecule has 0 amide bonds. The molecule has 3 nitrogen and oxygen atoms in total. The van der Waals surface area contributed by atoms with Crippen molar-refractivity contribution in [2.75, 3.05) is 0 Å². The average molecular weight is 371 g/mol. The lowest BCUT2D eigenvalue weighted by molar-refractivity contribution is 0.00578. The van der Waals surface area contributed by atoms with E-state index in [4.69, 9.17) is 9.31 Å². The lowest BCUT2D eigenvalue weighted by atomic mass is 9.79. The van der Waals surface area contributed by atoms with Crippen molar-refractivity contribution in [2.45, 2.75) is 51.7 Å². The minimum atomic E-state index is -0.322. The van der Waals surface area contributed by atoms with E-state index in [-0.39, 0.29) is 18.3 Å². The first kappa shape index (κ1) is 17.8. The highest BCUT2D eigenvalue weighted by Crippen LogP contribution is 2.37. The number of para-hydroxylation sites is 1. The van der Waals surface area contributed by atoms with Crippen molar-refractivity contribution in [3.8, 4) is 5.69 Å². The zero-order chi connectivity index (χ0) is 19.5. The van der Waals surface area contributed by atoms with Crippen molar-refractivity contribution >= 4 is 29.6 Å². The van der Waals surface area contributed by atoms with Gasteiger partial charge in [-0.1, -0.05) is 42.5 Å². The number of aromatic nitrogens is 1. The van der Waals surface area contributed by atoms with E-state index in [0.29, 0.717) is 0 Å². The standard InChI is InChI=1S/C24H26BNO2/c1-23(2)24(3,4)28-25(27-23)17-13-15-18(16-14-17)26-21-11-7-5-9-19(21)20-10-6-8-12-22(20)26/h5-7,9-11,13-16H,8,12H2,1-4H3. The number of rotatable bonds is 2. The van der Waals surface area contributed by atoms with E-state index >= 15 is 0 Å². The highest BCUT2D eigenvalue weighted by molar-refractivity contribution is 6.62. The molecule has 4 heteroatoms. The average Bonchev–Trinajstić information content (AvgIpc) is 3.12. The molecule has 1 fully saturated rings. The summed E-state index contributed by atoms with van der Waals surface area (Å²) in [6.07, 6.45) is 6.71. The van der Waals surface area contributed by atoms with Crippen molar-refractivity contribution in [1.82, 2.24) is 4.57 Å². The fraction of sp³-hybridized carbons (Fsp3) is 0.333. The topological polar surface area (TPSA) is 23.4 Å². The van der Waals surface area contributed by atoms with Gasteiger partial charge in [0, 0.05) is 22.3 Å². The molecule has 1 aromatic heterocycles. The highest BCUT2D eigenvalue weighted by Gasteiger charge is 2.51. The fourth-order valence-corrected chi connectivity index (χ4v) is 4.23. The SMILES string of the molecule is CC1(C)OB(c2ccc(-n3c4c(c5ccccc53)C=CCC4)cc2)OC1(C)C. The highest BCUT2D eigenvalue weighted by atomic mass is 16.7. The van der Waals surface area contributed by atoms with Crippen LogP contribution in [-0.2, 0) is 15.7 Å². The molecule has 142 valence electrons. The molecular formula is C24H26BNO2. The lowest BCUT2D eigenvalue weighted by Gasteiger charge is -2.32. The van der Waals surface area contributed by atoms with Crippen LogP contribution < -0.4 is 5.46 Å². The summed E-state index contributed by atoms with van der Waals surface area (Å²) in [5, 5.41) is 1.32. The first-order valence-electron chi connectivity index (χ1n) is 10.1. The second-order valence-electron chi connectivity index (χ2n) is 8.83. The Labute approximate surface area is 167 Å². The van der Waals surface area contributed by atoms with E-state index < -0.39 is 0 Å². The van der Waals surface area contributed by atoms with Gasteiger partial charge in [0.1, 0.15) is 0 Å². The number of benzene rings is 2. The molecule has 1 saturated heterocycles. The molecule has 0 atom stereocenters. The molecule has 2 heterocycles. The van der Waals surface area contributed by atoms with E-state index in [1.165, 1.54) is 27.8 Å². The molecule has 28 heavy (non-hydrogen) atoms. The third kappa shape index (κ3) is 2.59. The Balaban J connectivity index is 1.55. The summed E-state index contributed by atoms with van der Waals surface area (Å²) in [6, 6.07) is 17.3.